The number of hydrogen-bond donors (Lipinski definition) is 2. The van der Waals surface area contributed by atoms with Gasteiger partial charge in [-0.2, -0.15) is 5.10 Å². The van der Waals surface area contributed by atoms with E-state index < -0.39 is 10.0 Å². The standard InChI is InChI=1S/C13H24N4O2S/c1-3-4-10-5-7-11(8-6-10)16-20(18,19)12-9-17(2)15-13(12)14/h9-11,16H,3-8H2,1-2H3,(H2,14,15). The molecule has 0 atom stereocenters. The number of rotatable bonds is 5. The molecular formula is C13H24N4O2S. The van der Waals surface area contributed by atoms with Crippen LogP contribution in [0, 0.1) is 5.92 Å². The van der Waals surface area contributed by atoms with E-state index in [1.54, 1.807) is 7.05 Å². The van der Waals surface area contributed by atoms with Gasteiger partial charge in [0.25, 0.3) is 0 Å². The number of nitrogens with one attached hydrogen (secondary N) is 1. The SMILES string of the molecule is CCCC1CCC(NS(=O)(=O)c2cn(C)nc2N)CC1. The quantitative estimate of drug-likeness (QED) is 0.865. The second-order valence-corrected chi connectivity index (χ2v) is 7.36. The number of nitrogens with zero attached hydrogens (tertiary/aromatic N) is 2. The highest BCUT2D eigenvalue weighted by Crippen LogP contribution is 2.28. The van der Waals surface area contributed by atoms with Gasteiger partial charge in [0.1, 0.15) is 4.90 Å². The van der Waals surface area contributed by atoms with Gasteiger partial charge in [0.15, 0.2) is 5.82 Å². The van der Waals surface area contributed by atoms with Crippen LogP contribution < -0.4 is 10.5 Å². The van der Waals surface area contributed by atoms with Crippen LogP contribution in [-0.4, -0.2) is 24.2 Å². The van der Waals surface area contributed by atoms with Gasteiger partial charge in [-0.25, -0.2) is 13.1 Å². The maximum Gasteiger partial charge on any atom is 0.246 e. The van der Waals surface area contributed by atoms with Crippen LogP contribution in [0.2, 0.25) is 0 Å². The van der Waals surface area contributed by atoms with E-state index >= 15 is 0 Å². The molecule has 2 rings (SSSR count). The Morgan fingerprint density at radius 2 is 2.05 bits per heavy atom. The van der Waals surface area contributed by atoms with E-state index in [4.69, 9.17) is 5.73 Å². The van der Waals surface area contributed by atoms with Crippen molar-refractivity contribution in [3.05, 3.63) is 6.20 Å². The minimum atomic E-state index is -3.56. The van der Waals surface area contributed by atoms with Gasteiger partial charge in [0, 0.05) is 19.3 Å². The maximum absolute atomic E-state index is 12.3. The largest absolute Gasteiger partial charge is 0.381 e. The van der Waals surface area contributed by atoms with Gasteiger partial charge in [-0.1, -0.05) is 19.8 Å². The fourth-order valence-corrected chi connectivity index (χ4v) is 4.36. The average molecular weight is 300 g/mol. The molecular weight excluding hydrogens is 276 g/mol. The van der Waals surface area contributed by atoms with Crippen molar-refractivity contribution in [3.63, 3.8) is 0 Å². The molecule has 20 heavy (non-hydrogen) atoms. The molecule has 1 aliphatic carbocycles. The molecule has 0 aliphatic heterocycles. The highest BCUT2D eigenvalue weighted by Gasteiger charge is 2.27. The minimum Gasteiger partial charge on any atom is -0.381 e. The normalized spacial score (nSPS) is 23.9. The highest BCUT2D eigenvalue weighted by molar-refractivity contribution is 7.89. The first-order valence-corrected chi connectivity index (χ1v) is 8.72. The molecule has 3 N–H and O–H groups in total. The third-order valence-electron chi connectivity index (χ3n) is 3.98. The van der Waals surface area contributed by atoms with E-state index in [2.05, 4.69) is 16.7 Å². The molecule has 0 unspecified atom stereocenters. The third kappa shape index (κ3) is 3.52. The first-order chi connectivity index (χ1) is 9.42. The molecule has 1 aromatic heterocycles. The first-order valence-electron chi connectivity index (χ1n) is 7.23. The summed E-state index contributed by atoms with van der Waals surface area (Å²) < 4.78 is 28.8. The summed E-state index contributed by atoms with van der Waals surface area (Å²) in [5, 5.41) is 3.88. The van der Waals surface area contributed by atoms with Crippen LogP contribution in [0.1, 0.15) is 45.4 Å². The van der Waals surface area contributed by atoms with Crippen LogP contribution in [0.15, 0.2) is 11.1 Å². The summed E-state index contributed by atoms with van der Waals surface area (Å²) in [6.45, 7) is 2.19. The molecule has 1 aromatic rings. The molecule has 1 aliphatic rings. The molecule has 1 fully saturated rings. The lowest BCUT2D eigenvalue weighted by Crippen LogP contribution is -2.37. The van der Waals surface area contributed by atoms with Crippen molar-refractivity contribution in [3.8, 4) is 0 Å². The van der Waals surface area contributed by atoms with E-state index in [9.17, 15) is 8.42 Å². The minimum absolute atomic E-state index is 0.0210. The Morgan fingerprint density at radius 3 is 2.55 bits per heavy atom. The molecule has 0 spiro atoms. The summed E-state index contributed by atoms with van der Waals surface area (Å²) in [4.78, 5) is 0.0793. The lowest BCUT2D eigenvalue weighted by atomic mass is 9.84. The summed E-state index contributed by atoms with van der Waals surface area (Å²) in [7, 11) is -1.90. The van der Waals surface area contributed by atoms with Crippen molar-refractivity contribution in [1.82, 2.24) is 14.5 Å². The van der Waals surface area contributed by atoms with Gasteiger partial charge in [-0.15, -0.1) is 0 Å². The van der Waals surface area contributed by atoms with Crippen molar-refractivity contribution in [2.24, 2.45) is 13.0 Å². The Balaban J connectivity index is 1.98. The summed E-state index contributed by atoms with van der Waals surface area (Å²) in [5.74, 6) is 0.809. The van der Waals surface area contributed by atoms with Crippen LogP contribution >= 0.6 is 0 Å². The summed E-state index contributed by atoms with van der Waals surface area (Å²) in [6.07, 6.45) is 7.91. The van der Waals surface area contributed by atoms with E-state index in [0.717, 1.165) is 31.6 Å². The third-order valence-corrected chi connectivity index (χ3v) is 5.51. The molecule has 0 radical (unpaired) electrons. The highest BCUT2D eigenvalue weighted by atomic mass is 32.2. The smallest absolute Gasteiger partial charge is 0.246 e. The fraction of sp³-hybridized carbons (Fsp3) is 0.769. The van der Waals surface area contributed by atoms with Crippen LogP contribution in [-0.2, 0) is 17.1 Å². The van der Waals surface area contributed by atoms with Crippen molar-refractivity contribution in [1.29, 1.82) is 0 Å². The van der Waals surface area contributed by atoms with E-state index in [1.807, 2.05) is 0 Å². The first kappa shape index (κ1) is 15.3. The molecule has 0 bridgehead atoms. The number of hydrogen-bond acceptors (Lipinski definition) is 4. The number of aryl methyl sites for hydroxylation is 1. The molecule has 6 nitrogen and oxygen atoms in total. The Hall–Kier alpha value is -1.08. The number of sulfonamides is 1. The lowest BCUT2D eigenvalue weighted by Gasteiger charge is -2.28. The Bertz CT molecular complexity index is 545. The average Bonchev–Trinajstić information content (AvgIpc) is 2.72. The zero-order valence-electron chi connectivity index (χ0n) is 12.2. The summed E-state index contributed by atoms with van der Waals surface area (Å²) >= 11 is 0. The van der Waals surface area contributed by atoms with Gasteiger partial charge in [-0.3, -0.25) is 4.68 Å². The van der Waals surface area contributed by atoms with Crippen LogP contribution in [0.5, 0.6) is 0 Å². The summed E-state index contributed by atoms with van der Waals surface area (Å²) in [5.41, 5.74) is 5.64. The maximum atomic E-state index is 12.3. The second kappa shape index (κ2) is 6.13. The van der Waals surface area contributed by atoms with Crippen molar-refractivity contribution in [2.45, 2.75) is 56.4 Å². The topological polar surface area (TPSA) is 90.0 Å². The monoisotopic (exact) mass is 300 g/mol. The van der Waals surface area contributed by atoms with E-state index in [0.29, 0.717) is 0 Å². The second-order valence-electron chi connectivity index (χ2n) is 5.68. The Morgan fingerprint density at radius 1 is 1.40 bits per heavy atom. The van der Waals surface area contributed by atoms with Crippen molar-refractivity contribution >= 4 is 15.8 Å². The van der Waals surface area contributed by atoms with Gasteiger partial charge in [-0.05, 0) is 31.6 Å². The predicted molar refractivity (Wildman–Crippen MR) is 78.6 cm³/mol. The molecule has 7 heteroatoms. The lowest BCUT2D eigenvalue weighted by molar-refractivity contribution is 0.297. The Labute approximate surface area is 120 Å². The molecule has 1 saturated carbocycles. The Kier molecular flexibility index (Phi) is 4.70. The number of anilines is 1. The number of nitrogen functional groups attached to an aromatic ring is 1. The molecule has 0 saturated heterocycles. The van der Waals surface area contributed by atoms with E-state index in [-0.39, 0.29) is 16.8 Å². The van der Waals surface area contributed by atoms with Crippen LogP contribution in [0.25, 0.3) is 0 Å². The molecule has 1 heterocycles. The molecule has 0 aromatic carbocycles. The van der Waals surface area contributed by atoms with Gasteiger partial charge < -0.3 is 5.73 Å². The molecule has 0 amide bonds. The summed E-state index contributed by atoms with van der Waals surface area (Å²) in [6, 6.07) is 0.0210. The van der Waals surface area contributed by atoms with Crippen molar-refractivity contribution < 1.29 is 8.42 Å². The van der Waals surface area contributed by atoms with Crippen LogP contribution in [0.4, 0.5) is 5.82 Å². The van der Waals surface area contributed by atoms with Gasteiger partial charge in [0.05, 0.1) is 0 Å². The zero-order chi connectivity index (χ0) is 14.8. The molecule has 114 valence electrons. The van der Waals surface area contributed by atoms with Crippen LogP contribution in [0.3, 0.4) is 0 Å². The van der Waals surface area contributed by atoms with Crippen molar-refractivity contribution in [2.75, 3.05) is 5.73 Å². The van der Waals surface area contributed by atoms with Gasteiger partial charge in [0.2, 0.25) is 10.0 Å². The number of aromatic nitrogens is 2. The van der Waals surface area contributed by atoms with E-state index in [1.165, 1.54) is 23.7 Å². The number of nitrogens with two attached hydrogens (primary N) is 1. The van der Waals surface area contributed by atoms with Gasteiger partial charge >= 0.3 is 0 Å². The predicted octanol–water partition coefficient (Wildman–Crippen LogP) is 1.64. The fourth-order valence-electron chi connectivity index (χ4n) is 2.95. The zero-order valence-corrected chi connectivity index (χ0v) is 13.0.